The third kappa shape index (κ3) is 2.82. The zero-order chi connectivity index (χ0) is 9.68. The molecule has 1 aromatic rings. The number of anilines is 1. The van der Waals surface area contributed by atoms with E-state index in [2.05, 4.69) is 21.2 Å². The molecule has 0 radical (unpaired) electrons. The van der Waals surface area contributed by atoms with Crippen molar-refractivity contribution in [2.75, 3.05) is 10.6 Å². The topological polar surface area (TPSA) is 49.3 Å². The van der Waals surface area contributed by atoms with Gasteiger partial charge in [-0.15, -0.1) is 0 Å². The lowest BCUT2D eigenvalue weighted by Gasteiger charge is -2.07. The summed E-state index contributed by atoms with van der Waals surface area (Å²) in [5.74, 6) is -0.124. The second-order valence-electron chi connectivity index (χ2n) is 2.50. The third-order valence-electron chi connectivity index (χ3n) is 1.58. The minimum absolute atomic E-state index is 0.0707. The standard InChI is InChI=1S/C9H10BrNO2/c10-5-9(13)11-8-4-2-1-3-7(8)6-12/h1-4,12H,5-6H2,(H,11,13). The Morgan fingerprint density at radius 1 is 1.46 bits per heavy atom. The molecule has 1 amide bonds. The number of hydrogen-bond donors (Lipinski definition) is 2. The molecule has 0 fully saturated rings. The van der Waals surface area contributed by atoms with Crippen LogP contribution in [0.15, 0.2) is 24.3 Å². The molecular weight excluding hydrogens is 234 g/mol. The van der Waals surface area contributed by atoms with Crippen molar-refractivity contribution in [3.8, 4) is 0 Å². The molecule has 0 atom stereocenters. The number of amides is 1. The molecule has 0 aliphatic rings. The fourth-order valence-corrected chi connectivity index (χ4v) is 1.10. The number of hydrogen-bond acceptors (Lipinski definition) is 2. The van der Waals surface area contributed by atoms with Crippen LogP contribution in [0.3, 0.4) is 0 Å². The Morgan fingerprint density at radius 3 is 2.77 bits per heavy atom. The number of rotatable bonds is 3. The molecule has 0 saturated carbocycles. The maximum absolute atomic E-state index is 11.0. The van der Waals surface area contributed by atoms with E-state index in [4.69, 9.17) is 5.11 Å². The van der Waals surface area contributed by atoms with E-state index >= 15 is 0 Å². The highest BCUT2D eigenvalue weighted by atomic mass is 79.9. The predicted octanol–water partition coefficient (Wildman–Crippen LogP) is 1.51. The Labute approximate surface area is 84.9 Å². The van der Waals surface area contributed by atoms with Crippen LogP contribution in [0.5, 0.6) is 0 Å². The number of para-hydroxylation sites is 1. The smallest absolute Gasteiger partial charge is 0.235 e. The lowest BCUT2D eigenvalue weighted by Crippen LogP contribution is -2.13. The SMILES string of the molecule is O=C(CBr)Nc1ccccc1CO. The van der Waals surface area contributed by atoms with Gasteiger partial charge in [0.2, 0.25) is 5.91 Å². The molecule has 0 spiro atoms. The van der Waals surface area contributed by atoms with Crippen molar-refractivity contribution in [1.82, 2.24) is 0 Å². The van der Waals surface area contributed by atoms with Crippen LogP contribution >= 0.6 is 15.9 Å². The number of aliphatic hydroxyl groups is 1. The number of aliphatic hydroxyl groups excluding tert-OH is 1. The van der Waals surface area contributed by atoms with E-state index in [-0.39, 0.29) is 17.8 Å². The van der Waals surface area contributed by atoms with Crippen molar-refractivity contribution >= 4 is 27.5 Å². The maximum atomic E-state index is 11.0. The molecule has 2 N–H and O–H groups in total. The Balaban J connectivity index is 2.81. The van der Waals surface area contributed by atoms with Crippen molar-refractivity contribution in [3.63, 3.8) is 0 Å². The summed E-state index contributed by atoms with van der Waals surface area (Å²) >= 11 is 3.04. The number of nitrogens with one attached hydrogen (secondary N) is 1. The fourth-order valence-electron chi connectivity index (χ4n) is 0.964. The first-order valence-corrected chi connectivity index (χ1v) is 4.94. The van der Waals surface area contributed by atoms with Crippen molar-refractivity contribution in [3.05, 3.63) is 29.8 Å². The summed E-state index contributed by atoms with van der Waals surface area (Å²) in [6.45, 7) is -0.0707. The van der Waals surface area contributed by atoms with Crippen LogP contribution in [0, 0.1) is 0 Å². The van der Waals surface area contributed by atoms with Gasteiger partial charge in [0, 0.05) is 11.3 Å². The summed E-state index contributed by atoms with van der Waals surface area (Å²) in [6, 6.07) is 7.15. The van der Waals surface area contributed by atoms with Crippen LogP contribution in [0.1, 0.15) is 5.56 Å². The van der Waals surface area contributed by atoms with Crippen LogP contribution in [0.4, 0.5) is 5.69 Å². The highest BCUT2D eigenvalue weighted by molar-refractivity contribution is 9.09. The van der Waals surface area contributed by atoms with Crippen molar-refractivity contribution in [1.29, 1.82) is 0 Å². The van der Waals surface area contributed by atoms with Crippen LogP contribution in [-0.4, -0.2) is 16.3 Å². The van der Waals surface area contributed by atoms with Gasteiger partial charge in [-0.3, -0.25) is 4.79 Å². The van der Waals surface area contributed by atoms with Gasteiger partial charge in [0.1, 0.15) is 0 Å². The summed E-state index contributed by atoms with van der Waals surface area (Å²) in [6.07, 6.45) is 0. The number of alkyl halides is 1. The van der Waals surface area contributed by atoms with E-state index in [9.17, 15) is 4.79 Å². The second-order valence-corrected chi connectivity index (χ2v) is 3.06. The number of halogens is 1. The Morgan fingerprint density at radius 2 is 2.15 bits per heavy atom. The summed E-state index contributed by atoms with van der Waals surface area (Å²) in [7, 11) is 0. The molecule has 13 heavy (non-hydrogen) atoms. The van der Waals surface area contributed by atoms with Gasteiger partial charge in [-0.2, -0.15) is 0 Å². The molecule has 0 saturated heterocycles. The fraction of sp³-hybridized carbons (Fsp3) is 0.222. The van der Waals surface area contributed by atoms with Gasteiger partial charge in [0.05, 0.1) is 11.9 Å². The number of carbonyl (C=O) groups excluding carboxylic acids is 1. The van der Waals surface area contributed by atoms with Gasteiger partial charge in [-0.05, 0) is 6.07 Å². The predicted molar refractivity (Wildman–Crippen MR) is 54.8 cm³/mol. The molecule has 1 aromatic carbocycles. The van der Waals surface area contributed by atoms with Crippen molar-refractivity contribution in [2.45, 2.75) is 6.61 Å². The van der Waals surface area contributed by atoms with E-state index in [0.717, 1.165) is 5.56 Å². The van der Waals surface area contributed by atoms with E-state index in [1.165, 1.54) is 0 Å². The number of carbonyl (C=O) groups is 1. The minimum Gasteiger partial charge on any atom is -0.392 e. The van der Waals surface area contributed by atoms with E-state index in [1.54, 1.807) is 12.1 Å². The largest absolute Gasteiger partial charge is 0.392 e. The Kier molecular flexibility index (Phi) is 3.92. The summed E-state index contributed by atoms with van der Waals surface area (Å²) in [5.41, 5.74) is 1.38. The summed E-state index contributed by atoms with van der Waals surface area (Å²) < 4.78 is 0. The van der Waals surface area contributed by atoms with Crippen molar-refractivity contribution in [2.24, 2.45) is 0 Å². The lowest BCUT2D eigenvalue weighted by atomic mass is 10.2. The third-order valence-corrected chi connectivity index (χ3v) is 2.09. The first kappa shape index (κ1) is 10.2. The van der Waals surface area contributed by atoms with Gasteiger partial charge in [0.15, 0.2) is 0 Å². The summed E-state index contributed by atoms with van der Waals surface area (Å²) in [4.78, 5) is 11.0. The maximum Gasteiger partial charge on any atom is 0.235 e. The molecular formula is C9H10BrNO2. The minimum atomic E-state index is -0.124. The molecule has 0 bridgehead atoms. The van der Waals surface area contributed by atoms with Crippen LogP contribution < -0.4 is 5.32 Å². The normalized spacial score (nSPS) is 9.69. The zero-order valence-electron chi connectivity index (χ0n) is 6.96. The summed E-state index contributed by atoms with van der Waals surface area (Å²) in [5, 5.41) is 11.9. The van der Waals surface area contributed by atoms with Crippen LogP contribution in [0.2, 0.25) is 0 Å². The Hall–Kier alpha value is -0.870. The monoisotopic (exact) mass is 243 g/mol. The molecule has 0 aliphatic heterocycles. The zero-order valence-corrected chi connectivity index (χ0v) is 8.54. The molecule has 70 valence electrons. The molecule has 4 heteroatoms. The van der Waals surface area contributed by atoms with E-state index in [0.29, 0.717) is 5.69 Å². The highest BCUT2D eigenvalue weighted by Gasteiger charge is 2.03. The Bertz CT molecular complexity index is 301. The van der Waals surface area contributed by atoms with Crippen molar-refractivity contribution < 1.29 is 9.90 Å². The number of benzene rings is 1. The molecule has 0 unspecified atom stereocenters. The average molecular weight is 244 g/mol. The quantitative estimate of drug-likeness (QED) is 0.792. The van der Waals surface area contributed by atoms with Gasteiger partial charge in [-0.25, -0.2) is 0 Å². The van der Waals surface area contributed by atoms with Gasteiger partial charge >= 0.3 is 0 Å². The molecule has 3 nitrogen and oxygen atoms in total. The molecule has 1 rings (SSSR count). The van der Waals surface area contributed by atoms with Gasteiger partial charge < -0.3 is 10.4 Å². The molecule has 0 aliphatic carbocycles. The van der Waals surface area contributed by atoms with Gasteiger partial charge in [-0.1, -0.05) is 34.1 Å². The van der Waals surface area contributed by atoms with E-state index in [1.807, 2.05) is 12.1 Å². The van der Waals surface area contributed by atoms with Crippen LogP contribution in [0.25, 0.3) is 0 Å². The first-order valence-electron chi connectivity index (χ1n) is 3.82. The second kappa shape index (κ2) is 4.99. The average Bonchev–Trinajstić information content (AvgIpc) is 2.18. The van der Waals surface area contributed by atoms with Gasteiger partial charge in [0.25, 0.3) is 0 Å². The molecule has 0 heterocycles. The molecule has 0 aromatic heterocycles. The highest BCUT2D eigenvalue weighted by Crippen LogP contribution is 2.14. The lowest BCUT2D eigenvalue weighted by molar-refractivity contribution is -0.113. The van der Waals surface area contributed by atoms with E-state index < -0.39 is 0 Å². The first-order chi connectivity index (χ1) is 6.27. The van der Waals surface area contributed by atoms with Crippen LogP contribution in [-0.2, 0) is 11.4 Å².